The maximum absolute atomic E-state index is 12.2. The van der Waals surface area contributed by atoms with E-state index in [1.807, 2.05) is 0 Å². The van der Waals surface area contributed by atoms with Gasteiger partial charge in [0.15, 0.2) is 0 Å². The van der Waals surface area contributed by atoms with Crippen molar-refractivity contribution in [2.75, 3.05) is 0 Å². The van der Waals surface area contributed by atoms with Gasteiger partial charge < -0.3 is 5.11 Å². The number of allylic oxidation sites excluding steroid dienone is 1. The summed E-state index contributed by atoms with van der Waals surface area (Å²) >= 11 is 0. The maximum atomic E-state index is 12.2. The predicted molar refractivity (Wildman–Crippen MR) is 74.5 cm³/mol. The van der Waals surface area contributed by atoms with Gasteiger partial charge in [0, 0.05) is 5.41 Å². The molecule has 3 rings (SSSR count). The average Bonchev–Trinajstić information content (AvgIpc) is 2.59. The Labute approximate surface area is 113 Å². The summed E-state index contributed by atoms with van der Waals surface area (Å²) < 4.78 is 24.3. The van der Waals surface area contributed by atoms with Gasteiger partial charge in [0.05, 0.1) is 4.90 Å². The van der Waals surface area contributed by atoms with Crippen molar-refractivity contribution in [2.24, 2.45) is 5.92 Å². The molecular formula is C15H18O3S. The molecule has 0 aromatic heterocycles. The number of aromatic hydroxyl groups is 1. The Bertz CT molecular complexity index is 621. The summed E-state index contributed by atoms with van der Waals surface area (Å²) in [6.07, 6.45) is 6.99. The van der Waals surface area contributed by atoms with E-state index >= 15 is 0 Å². The molecule has 3 nitrogen and oxygen atoms in total. The second-order valence-corrected chi connectivity index (χ2v) is 7.25. The highest BCUT2D eigenvalue weighted by atomic mass is 32.2. The second kappa shape index (κ2) is 4.67. The van der Waals surface area contributed by atoms with Gasteiger partial charge in [-0.2, -0.15) is 0 Å². The summed E-state index contributed by atoms with van der Waals surface area (Å²) in [6, 6.07) is 4.68. The predicted octanol–water partition coefficient (Wildman–Crippen LogP) is 3.49. The highest BCUT2D eigenvalue weighted by molar-refractivity contribution is 7.95. The van der Waals surface area contributed by atoms with Crippen LogP contribution in [0.2, 0.25) is 0 Å². The number of sulfone groups is 1. The number of rotatable bonds is 1. The highest BCUT2D eigenvalue weighted by Gasteiger charge is 2.31. The van der Waals surface area contributed by atoms with Gasteiger partial charge in [-0.25, -0.2) is 8.42 Å². The maximum Gasteiger partial charge on any atom is 0.200 e. The molecule has 2 aliphatic rings. The van der Waals surface area contributed by atoms with Crippen LogP contribution in [0.25, 0.3) is 5.57 Å². The molecule has 0 unspecified atom stereocenters. The highest BCUT2D eigenvalue weighted by Crippen LogP contribution is 2.43. The zero-order chi connectivity index (χ0) is 13.5. The number of hydrogen-bond donors (Lipinski definition) is 1. The third kappa shape index (κ3) is 2.29. The summed E-state index contributed by atoms with van der Waals surface area (Å²) in [6.45, 7) is 0. The third-order valence-electron chi connectivity index (χ3n) is 4.16. The lowest BCUT2D eigenvalue weighted by Crippen LogP contribution is -2.01. The van der Waals surface area contributed by atoms with Crippen LogP contribution in [0, 0.1) is 5.92 Å². The van der Waals surface area contributed by atoms with E-state index in [1.54, 1.807) is 12.1 Å². The average molecular weight is 278 g/mol. The zero-order valence-electron chi connectivity index (χ0n) is 10.8. The van der Waals surface area contributed by atoms with Crippen molar-refractivity contribution in [3.8, 4) is 5.75 Å². The first-order valence-corrected chi connectivity index (χ1v) is 8.42. The van der Waals surface area contributed by atoms with E-state index in [0.29, 0.717) is 5.92 Å². The van der Waals surface area contributed by atoms with Crippen LogP contribution in [0.3, 0.4) is 0 Å². The van der Waals surface area contributed by atoms with E-state index in [-0.39, 0.29) is 10.6 Å². The number of hydrogen-bond acceptors (Lipinski definition) is 3. The molecule has 0 bridgehead atoms. The van der Waals surface area contributed by atoms with Gasteiger partial charge in [0.1, 0.15) is 5.75 Å². The van der Waals surface area contributed by atoms with E-state index < -0.39 is 9.84 Å². The molecule has 1 aromatic rings. The second-order valence-electron chi connectivity index (χ2n) is 5.49. The molecule has 1 aliphatic carbocycles. The van der Waals surface area contributed by atoms with Gasteiger partial charge in [0.25, 0.3) is 0 Å². The molecule has 1 N–H and O–H groups in total. The van der Waals surface area contributed by atoms with Gasteiger partial charge in [-0.05, 0) is 48.1 Å². The van der Waals surface area contributed by atoms with Crippen LogP contribution in [0.15, 0.2) is 28.5 Å². The van der Waals surface area contributed by atoms with Crippen molar-refractivity contribution >= 4 is 15.4 Å². The third-order valence-corrected chi connectivity index (χ3v) is 5.67. The molecule has 0 spiro atoms. The van der Waals surface area contributed by atoms with Crippen LogP contribution in [-0.4, -0.2) is 13.5 Å². The van der Waals surface area contributed by atoms with E-state index in [2.05, 4.69) is 0 Å². The monoisotopic (exact) mass is 278 g/mol. The number of fused-ring (bicyclic) bond motifs is 1. The van der Waals surface area contributed by atoms with Crippen LogP contribution in [0.1, 0.15) is 44.1 Å². The Balaban J connectivity index is 2.04. The quantitative estimate of drug-likeness (QED) is 0.800. The summed E-state index contributed by atoms with van der Waals surface area (Å²) in [5.74, 6) is 0.362. The Kier molecular flexibility index (Phi) is 3.13. The van der Waals surface area contributed by atoms with E-state index in [0.717, 1.165) is 24.0 Å². The fourth-order valence-electron chi connectivity index (χ4n) is 3.19. The fourth-order valence-corrected chi connectivity index (χ4v) is 4.74. The molecule has 0 saturated heterocycles. The van der Waals surface area contributed by atoms with Crippen molar-refractivity contribution in [1.82, 2.24) is 0 Å². The first-order chi connectivity index (χ1) is 9.08. The molecule has 1 aliphatic heterocycles. The topological polar surface area (TPSA) is 54.4 Å². The lowest BCUT2D eigenvalue weighted by molar-refractivity contribution is 0.473. The van der Waals surface area contributed by atoms with Crippen LogP contribution in [0.5, 0.6) is 5.75 Å². The Morgan fingerprint density at radius 3 is 2.42 bits per heavy atom. The first kappa shape index (κ1) is 12.7. The van der Waals surface area contributed by atoms with Gasteiger partial charge in [0.2, 0.25) is 9.84 Å². The first-order valence-electron chi connectivity index (χ1n) is 6.88. The van der Waals surface area contributed by atoms with Crippen molar-refractivity contribution in [3.05, 3.63) is 29.2 Å². The van der Waals surface area contributed by atoms with Crippen LogP contribution in [-0.2, 0) is 9.84 Å². The molecule has 4 heteroatoms. The normalized spacial score (nSPS) is 22.6. The molecule has 1 heterocycles. The lowest BCUT2D eigenvalue weighted by atomic mass is 9.88. The van der Waals surface area contributed by atoms with E-state index in [4.69, 9.17) is 0 Å². The Morgan fingerprint density at radius 1 is 1.05 bits per heavy atom. The van der Waals surface area contributed by atoms with E-state index in [1.165, 1.54) is 37.2 Å². The summed E-state index contributed by atoms with van der Waals surface area (Å²) in [4.78, 5) is 0.270. The Hall–Kier alpha value is -1.29. The smallest absolute Gasteiger partial charge is 0.200 e. The minimum absolute atomic E-state index is 0.0119. The van der Waals surface area contributed by atoms with Crippen LogP contribution in [0.4, 0.5) is 0 Å². The molecule has 1 fully saturated rings. The van der Waals surface area contributed by atoms with Crippen molar-refractivity contribution in [2.45, 2.75) is 43.4 Å². The van der Waals surface area contributed by atoms with Crippen molar-refractivity contribution in [1.29, 1.82) is 0 Å². The summed E-state index contributed by atoms with van der Waals surface area (Å²) in [5, 5.41) is 10.9. The molecule has 19 heavy (non-hydrogen) atoms. The molecule has 0 amide bonds. The zero-order valence-corrected chi connectivity index (χ0v) is 11.6. The van der Waals surface area contributed by atoms with Gasteiger partial charge >= 0.3 is 0 Å². The molecule has 0 radical (unpaired) electrons. The largest absolute Gasteiger partial charge is 0.508 e. The number of benzene rings is 1. The molecular weight excluding hydrogens is 260 g/mol. The van der Waals surface area contributed by atoms with Gasteiger partial charge in [-0.1, -0.05) is 25.7 Å². The number of phenols is 1. The van der Waals surface area contributed by atoms with Gasteiger partial charge in [-0.15, -0.1) is 0 Å². The summed E-state index contributed by atoms with van der Waals surface area (Å²) in [5.41, 5.74) is 1.75. The molecule has 0 atom stereocenters. The fraction of sp³-hybridized carbons (Fsp3) is 0.467. The molecule has 1 aromatic carbocycles. The standard InChI is InChI=1S/C15H18O3S/c16-12-7-8-13-14(10-19(17,18)15(13)9-12)11-5-3-1-2-4-6-11/h7-11,16H,1-6H2. The number of phenolic OH excluding ortho intramolecular Hbond substituents is 1. The lowest BCUT2D eigenvalue weighted by Gasteiger charge is -2.16. The van der Waals surface area contributed by atoms with Crippen LogP contribution < -0.4 is 0 Å². The van der Waals surface area contributed by atoms with E-state index in [9.17, 15) is 13.5 Å². The van der Waals surface area contributed by atoms with Crippen molar-refractivity contribution < 1.29 is 13.5 Å². The summed E-state index contributed by atoms with van der Waals surface area (Å²) in [7, 11) is -3.36. The SMILES string of the molecule is O=S1(=O)C=C(C2CCCCCC2)c2ccc(O)cc21. The van der Waals surface area contributed by atoms with Crippen LogP contribution >= 0.6 is 0 Å². The minimum atomic E-state index is -3.36. The molecule has 102 valence electrons. The van der Waals surface area contributed by atoms with Crippen molar-refractivity contribution in [3.63, 3.8) is 0 Å². The minimum Gasteiger partial charge on any atom is -0.508 e. The Morgan fingerprint density at radius 2 is 1.74 bits per heavy atom. The van der Waals surface area contributed by atoms with Gasteiger partial charge in [-0.3, -0.25) is 0 Å². The molecule has 1 saturated carbocycles.